The molecular weight excluding hydrogens is 370 g/mol. The maximum atomic E-state index is 10.7. The van der Waals surface area contributed by atoms with E-state index in [0.717, 1.165) is 23.9 Å². The lowest BCUT2D eigenvalue weighted by atomic mass is 9.54. The number of aliphatic hydroxyl groups excluding tert-OH is 1. The summed E-state index contributed by atoms with van der Waals surface area (Å²) in [6.07, 6.45) is 6.17. The molecule has 1 saturated heterocycles. The summed E-state index contributed by atoms with van der Waals surface area (Å²) in [4.78, 5) is 5.42. The van der Waals surface area contributed by atoms with Gasteiger partial charge in [-0.25, -0.2) is 0 Å². The van der Waals surface area contributed by atoms with Crippen molar-refractivity contribution in [3.63, 3.8) is 0 Å². The molecule has 0 amide bonds. The molecule has 3 fully saturated rings. The van der Waals surface area contributed by atoms with Crippen LogP contribution in [0, 0.1) is 11.3 Å². The molecule has 28 heavy (non-hydrogen) atoms. The van der Waals surface area contributed by atoms with Gasteiger partial charge in [0.1, 0.15) is 6.10 Å². The summed E-state index contributed by atoms with van der Waals surface area (Å²) in [6, 6.07) is 10.8. The average Bonchev–Trinajstić information content (AvgIpc) is 3.45. The Balaban J connectivity index is 1.23. The first-order chi connectivity index (χ1) is 13.7. The molecule has 0 bridgehead atoms. The minimum atomic E-state index is -0.541. The Labute approximate surface area is 170 Å². The van der Waals surface area contributed by atoms with Crippen molar-refractivity contribution in [1.29, 1.82) is 0 Å². The first kappa shape index (κ1) is 18.4. The average molecular weight is 400 g/mol. The van der Waals surface area contributed by atoms with Gasteiger partial charge in [-0.3, -0.25) is 4.99 Å². The number of rotatable bonds is 4. The van der Waals surface area contributed by atoms with Gasteiger partial charge in [-0.1, -0.05) is 31.0 Å². The van der Waals surface area contributed by atoms with E-state index in [1.165, 1.54) is 35.8 Å². The minimum absolute atomic E-state index is 0.295. The van der Waals surface area contributed by atoms with E-state index in [9.17, 15) is 5.11 Å². The monoisotopic (exact) mass is 399 g/mol. The number of aliphatic imine (C=N–C) groups is 1. The highest BCUT2D eigenvalue weighted by Crippen LogP contribution is 2.60. The highest BCUT2D eigenvalue weighted by Gasteiger charge is 2.65. The second-order valence-electron chi connectivity index (χ2n) is 8.46. The number of hydrogen-bond acceptors (Lipinski definition) is 4. The number of ether oxygens (including phenoxy) is 1. The fraction of sp³-hybridized carbons (Fsp3) is 0.591. The molecule has 2 aliphatic carbocycles. The Kier molecular flexibility index (Phi) is 4.81. The molecule has 1 spiro atoms. The van der Waals surface area contributed by atoms with E-state index in [1.807, 2.05) is 19.2 Å². The molecule has 2 saturated carbocycles. The van der Waals surface area contributed by atoms with Crippen LogP contribution in [0.4, 0.5) is 0 Å². The molecule has 2 heterocycles. The van der Waals surface area contributed by atoms with Crippen LogP contribution in [-0.4, -0.2) is 43.4 Å². The number of aliphatic hydroxyl groups is 1. The molecule has 1 aromatic carbocycles. The predicted octanol–water partition coefficient (Wildman–Crippen LogP) is 3.45. The number of fused-ring (bicyclic) bond motifs is 3. The van der Waals surface area contributed by atoms with Crippen molar-refractivity contribution >= 4 is 27.4 Å². The van der Waals surface area contributed by atoms with Gasteiger partial charge in [-0.15, -0.1) is 11.3 Å². The maximum Gasteiger partial charge on any atom is 0.191 e. The summed E-state index contributed by atoms with van der Waals surface area (Å²) < 4.78 is 7.29. The van der Waals surface area contributed by atoms with Crippen LogP contribution < -0.4 is 10.6 Å². The fourth-order valence-corrected chi connectivity index (χ4v) is 6.76. The Hall–Kier alpha value is -1.63. The minimum Gasteiger partial charge on any atom is -0.386 e. The summed E-state index contributed by atoms with van der Waals surface area (Å²) in [7, 11) is 1.81. The molecule has 150 valence electrons. The summed E-state index contributed by atoms with van der Waals surface area (Å²) in [5.41, 5.74) is 0.295. The zero-order chi connectivity index (χ0) is 19.1. The van der Waals surface area contributed by atoms with Gasteiger partial charge in [0, 0.05) is 47.2 Å². The van der Waals surface area contributed by atoms with Crippen LogP contribution in [0.25, 0.3) is 10.1 Å². The SMILES string of the molecule is CN=C(NCC(O)c1cc2ccccc2s1)NC1C2CCOC2C12CCCC2. The number of benzene rings is 1. The van der Waals surface area contributed by atoms with E-state index < -0.39 is 6.10 Å². The largest absolute Gasteiger partial charge is 0.386 e. The first-order valence-electron chi connectivity index (χ1n) is 10.5. The molecule has 5 rings (SSSR count). The van der Waals surface area contributed by atoms with E-state index in [4.69, 9.17) is 4.74 Å². The lowest BCUT2D eigenvalue weighted by Crippen LogP contribution is -2.69. The van der Waals surface area contributed by atoms with Crippen LogP contribution in [0.1, 0.15) is 43.1 Å². The van der Waals surface area contributed by atoms with Gasteiger partial charge in [0.25, 0.3) is 0 Å². The van der Waals surface area contributed by atoms with Crippen molar-refractivity contribution in [1.82, 2.24) is 10.6 Å². The van der Waals surface area contributed by atoms with Crippen LogP contribution in [0.2, 0.25) is 0 Å². The Morgan fingerprint density at radius 1 is 1.36 bits per heavy atom. The topological polar surface area (TPSA) is 65.9 Å². The normalized spacial score (nSPS) is 29.6. The van der Waals surface area contributed by atoms with E-state index in [1.54, 1.807) is 11.3 Å². The second-order valence-corrected chi connectivity index (χ2v) is 9.58. The van der Waals surface area contributed by atoms with Crippen molar-refractivity contribution in [2.75, 3.05) is 20.2 Å². The van der Waals surface area contributed by atoms with E-state index in [-0.39, 0.29) is 0 Å². The van der Waals surface area contributed by atoms with E-state index in [0.29, 0.717) is 30.0 Å². The summed E-state index contributed by atoms with van der Waals surface area (Å²) in [5.74, 6) is 1.39. The standard InChI is InChI=1S/C22H29N3O2S/c1-23-21(24-13-16(26)18-12-14-6-2-3-7-17(14)28-18)25-19-15-8-11-27-20(15)22(19)9-4-5-10-22/h2-3,6-7,12,15-16,19-20,26H,4-5,8-11,13H2,1H3,(H2,23,24,25). The highest BCUT2D eigenvalue weighted by atomic mass is 32.1. The van der Waals surface area contributed by atoms with E-state index >= 15 is 0 Å². The van der Waals surface area contributed by atoms with Gasteiger partial charge >= 0.3 is 0 Å². The molecule has 2 aromatic rings. The number of guanidine groups is 1. The van der Waals surface area contributed by atoms with Crippen molar-refractivity contribution < 1.29 is 9.84 Å². The molecule has 1 aliphatic heterocycles. The zero-order valence-corrected chi connectivity index (χ0v) is 17.2. The van der Waals surface area contributed by atoms with Gasteiger partial charge < -0.3 is 20.5 Å². The van der Waals surface area contributed by atoms with Crippen LogP contribution >= 0.6 is 11.3 Å². The van der Waals surface area contributed by atoms with Crippen LogP contribution in [0.3, 0.4) is 0 Å². The van der Waals surface area contributed by atoms with Gasteiger partial charge in [0.05, 0.1) is 6.10 Å². The summed E-state index contributed by atoms with van der Waals surface area (Å²) in [6.45, 7) is 1.35. The highest BCUT2D eigenvalue weighted by molar-refractivity contribution is 7.19. The third kappa shape index (κ3) is 2.93. The fourth-order valence-electron chi connectivity index (χ4n) is 5.71. The molecule has 6 heteroatoms. The third-order valence-corrected chi connectivity index (χ3v) is 8.26. The lowest BCUT2D eigenvalue weighted by Gasteiger charge is -2.57. The molecule has 4 unspecified atom stereocenters. The number of thiophene rings is 1. The van der Waals surface area contributed by atoms with Crippen molar-refractivity contribution in [2.45, 2.75) is 50.4 Å². The number of nitrogens with one attached hydrogen (secondary N) is 2. The quantitative estimate of drug-likeness (QED) is 0.544. The number of nitrogens with zero attached hydrogens (tertiary/aromatic N) is 1. The van der Waals surface area contributed by atoms with Crippen LogP contribution in [0.5, 0.6) is 0 Å². The second kappa shape index (κ2) is 7.32. The number of hydrogen-bond donors (Lipinski definition) is 3. The lowest BCUT2D eigenvalue weighted by molar-refractivity contribution is -0.125. The van der Waals surface area contributed by atoms with Crippen LogP contribution in [0.15, 0.2) is 35.3 Å². The van der Waals surface area contributed by atoms with Gasteiger partial charge in [0.2, 0.25) is 0 Å². The van der Waals surface area contributed by atoms with Crippen molar-refractivity contribution in [2.24, 2.45) is 16.3 Å². The predicted molar refractivity (Wildman–Crippen MR) is 114 cm³/mol. The smallest absolute Gasteiger partial charge is 0.191 e. The first-order valence-corrected chi connectivity index (χ1v) is 11.3. The molecule has 3 N–H and O–H groups in total. The molecule has 1 aromatic heterocycles. The maximum absolute atomic E-state index is 10.7. The molecule has 4 atom stereocenters. The Morgan fingerprint density at radius 3 is 2.96 bits per heavy atom. The van der Waals surface area contributed by atoms with Gasteiger partial charge in [-0.2, -0.15) is 0 Å². The summed E-state index contributed by atoms with van der Waals surface area (Å²) in [5, 5.41) is 18.9. The van der Waals surface area contributed by atoms with Crippen molar-refractivity contribution in [3.8, 4) is 0 Å². The van der Waals surface area contributed by atoms with E-state index in [2.05, 4.69) is 33.8 Å². The molecular formula is C22H29N3O2S. The Bertz CT molecular complexity index is 841. The van der Waals surface area contributed by atoms with Gasteiger partial charge in [0.15, 0.2) is 5.96 Å². The third-order valence-electron chi connectivity index (χ3n) is 7.04. The van der Waals surface area contributed by atoms with Gasteiger partial charge in [-0.05, 0) is 36.8 Å². The summed E-state index contributed by atoms with van der Waals surface area (Å²) >= 11 is 1.66. The van der Waals surface area contributed by atoms with Crippen LogP contribution in [-0.2, 0) is 4.74 Å². The molecule has 3 aliphatic rings. The zero-order valence-electron chi connectivity index (χ0n) is 16.4. The van der Waals surface area contributed by atoms with Crippen molar-refractivity contribution in [3.05, 3.63) is 35.2 Å². The molecule has 5 nitrogen and oxygen atoms in total. The molecule has 0 radical (unpaired) electrons. The Morgan fingerprint density at radius 2 is 2.18 bits per heavy atom.